The summed E-state index contributed by atoms with van der Waals surface area (Å²) in [5, 5.41) is 18.7. The molecule has 0 amide bonds. The van der Waals surface area contributed by atoms with Crippen LogP contribution < -0.4 is 16.0 Å². The number of methoxy groups -OCH3 is 1. The number of rotatable bonds is 10. The van der Waals surface area contributed by atoms with Gasteiger partial charge in [0.05, 0.1) is 19.0 Å². The van der Waals surface area contributed by atoms with Crippen molar-refractivity contribution in [3.63, 3.8) is 0 Å². The summed E-state index contributed by atoms with van der Waals surface area (Å²) in [6.07, 6.45) is 9.19. The molecule has 1 saturated carbocycles. The fourth-order valence-electron chi connectivity index (χ4n) is 4.70. The van der Waals surface area contributed by atoms with Gasteiger partial charge in [-0.2, -0.15) is 5.10 Å². The maximum atomic E-state index is 14.7. The van der Waals surface area contributed by atoms with Crippen LogP contribution in [0.1, 0.15) is 45.4 Å². The first kappa shape index (κ1) is 24.8. The second-order valence-electron chi connectivity index (χ2n) is 9.80. The van der Waals surface area contributed by atoms with E-state index in [1.165, 1.54) is 6.20 Å². The van der Waals surface area contributed by atoms with Crippen LogP contribution in [-0.4, -0.2) is 67.3 Å². The number of aromatic nitrogens is 3. The molecule has 0 spiro atoms. The highest BCUT2D eigenvalue weighted by molar-refractivity contribution is 5.68. The van der Waals surface area contributed by atoms with Crippen molar-refractivity contribution < 1.29 is 13.9 Å². The van der Waals surface area contributed by atoms with Crippen molar-refractivity contribution in [1.82, 2.24) is 20.5 Å². The van der Waals surface area contributed by atoms with Crippen molar-refractivity contribution in [1.29, 1.82) is 0 Å². The van der Waals surface area contributed by atoms with Gasteiger partial charge in [0.25, 0.3) is 0 Å². The zero-order valence-corrected chi connectivity index (χ0v) is 20.3. The molecule has 2 aliphatic rings. The van der Waals surface area contributed by atoms with Crippen LogP contribution in [0.15, 0.2) is 24.5 Å². The van der Waals surface area contributed by atoms with Crippen LogP contribution in [0, 0.1) is 11.2 Å². The Morgan fingerprint density at radius 1 is 1.09 bits per heavy atom. The molecular formula is C25H37FN6O2. The van der Waals surface area contributed by atoms with Gasteiger partial charge in [0.1, 0.15) is 17.5 Å². The monoisotopic (exact) mass is 472 g/mol. The molecule has 186 valence electrons. The number of anilines is 2. The Morgan fingerprint density at radius 2 is 1.85 bits per heavy atom. The van der Waals surface area contributed by atoms with Crippen LogP contribution in [0.3, 0.4) is 0 Å². The Kier molecular flexibility index (Phi) is 8.64. The molecule has 2 aromatic rings. The molecule has 3 N–H and O–H groups in total. The van der Waals surface area contributed by atoms with Gasteiger partial charge < -0.3 is 25.4 Å². The van der Waals surface area contributed by atoms with E-state index < -0.39 is 0 Å². The lowest BCUT2D eigenvalue weighted by atomic mass is 9.82. The molecule has 9 heteroatoms. The normalized spacial score (nSPS) is 22.3. The van der Waals surface area contributed by atoms with E-state index in [0.717, 1.165) is 71.4 Å². The molecule has 4 rings (SSSR count). The van der Waals surface area contributed by atoms with E-state index in [-0.39, 0.29) is 11.2 Å². The minimum absolute atomic E-state index is 0.160. The lowest BCUT2D eigenvalue weighted by molar-refractivity contribution is 0.0299. The number of hydrogen-bond donors (Lipinski definition) is 3. The lowest BCUT2D eigenvalue weighted by Gasteiger charge is -2.33. The maximum absolute atomic E-state index is 14.7. The third-order valence-electron chi connectivity index (χ3n) is 7.04. The molecular weight excluding hydrogens is 435 g/mol. The van der Waals surface area contributed by atoms with Crippen molar-refractivity contribution in [3.8, 4) is 11.1 Å². The average molecular weight is 473 g/mol. The average Bonchev–Trinajstić information content (AvgIpc) is 2.86. The van der Waals surface area contributed by atoms with Gasteiger partial charge in [-0.15, -0.1) is 5.10 Å². The number of halogens is 1. The highest BCUT2D eigenvalue weighted by atomic mass is 19.1. The zero-order valence-electron chi connectivity index (χ0n) is 20.3. The van der Waals surface area contributed by atoms with Crippen molar-refractivity contribution in [2.45, 2.75) is 57.5 Å². The van der Waals surface area contributed by atoms with E-state index in [2.05, 4.69) is 38.1 Å². The molecule has 0 atom stereocenters. The van der Waals surface area contributed by atoms with Gasteiger partial charge in [0, 0.05) is 56.6 Å². The van der Waals surface area contributed by atoms with Crippen LogP contribution in [0.25, 0.3) is 11.1 Å². The molecule has 0 unspecified atom stereocenters. The minimum atomic E-state index is -0.369. The van der Waals surface area contributed by atoms with Crippen molar-refractivity contribution >= 4 is 11.6 Å². The van der Waals surface area contributed by atoms with Crippen LogP contribution >= 0.6 is 0 Å². The highest BCUT2D eigenvalue weighted by Gasteiger charge is 2.27. The number of nitrogens with zero attached hydrogens (tertiary/aromatic N) is 3. The van der Waals surface area contributed by atoms with Gasteiger partial charge in [-0.3, -0.25) is 0 Å². The first-order chi connectivity index (χ1) is 16.5. The summed E-state index contributed by atoms with van der Waals surface area (Å²) >= 11 is 0. The van der Waals surface area contributed by atoms with Gasteiger partial charge in [0.15, 0.2) is 0 Å². The molecule has 1 saturated heterocycles. The van der Waals surface area contributed by atoms with E-state index in [9.17, 15) is 4.39 Å². The Bertz CT molecular complexity index is 916. The second kappa shape index (κ2) is 11.9. The van der Waals surface area contributed by atoms with Gasteiger partial charge in [-0.1, -0.05) is 6.92 Å². The van der Waals surface area contributed by atoms with Crippen LogP contribution in [-0.2, 0) is 9.47 Å². The molecule has 2 fully saturated rings. The minimum Gasteiger partial charge on any atom is -0.383 e. The van der Waals surface area contributed by atoms with Crippen LogP contribution in [0.4, 0.5) is 16.0 Å². The standard InChI is InChI=1S/C25H37FN6O2/c1-25(7-10-34-11-8-25)17-29-24-13-18(15-30-32-24)21-14-23(28-16-22(21)26)31-20-5-3-19(4-6-20)27-9-12-33-2/h13-16,19-20,27H,3-12,17H2,1-2H3,(H,28,31)(H,29,32). The fourth-order valence-corrected chi connectivity index (χ4v) is 4.70. The third kappa shape index (κ3) is 6.84. The topological polar surface area (TPSA) is 93.2 Å². The van der Waals surface area contributed by atoms with Gasteiger partial charge >= 0.3 is 0 Å². The number of pyridine rings is 1. The smallest absolute Gasteiger partial charge is 0.149 e. The van der Waals surface area contributed by atoms with Crippen molar-refractivity contribution in [2.75, 3.05) is 50.7 Å². The van der Waals surface area contributed by atoms with E-state index in [1.54, 1.807) is 19.4 Å². The van der Waals surface area contributed by atoms with E-state index in [0.29, 0.717) is 34.8 Å². The summed E-state index contributed by atoms with van der Waals surface area (Å²) < 4.78 is 25.3. The third-order valence-corrected chi connectivity index (χ3v) is 7.04. The Balaban J connectivity index is 1.36. The lowest BCUT2D eigenvalue weighted by Crippen LogP contribution is -2.38. The second-order valence-corrected chi connectivity index (χ2v) is 9.80. The number of ether oxygens (including phenoxy) is 2. The van der Waals surface area contributed by atoms with E-state index in [4.69, 9.17) is 9.47 Å². The number of nitrogens with one attached hydrogen (secondary N) is 3. The first-order valence-corrected chi connectivity index (χ1v) is 12.3. The summed E-state index contributed by atoms with van der Waals surface area (Å²) in [5.41, 5.74) is 1.32. The quantitative estimate of drug-likeness (QED) is 0.449. The van der Waals surface area contributed by atoms with Crippen molar-refractivity contribution in [3.05, 3.63) is 30.3 Å². The fraction of sp³-hybridized carbons (Fsp3) is 0.640. The summed E-state index contributed by atoms with van der Waals surface area (Å²) in [4.78, 5) is 4.29. The maximum Gasteiger partial charge on any atom is 0.149 e. The molecule has 3 heterocycles. The SMILES string of the molecule is COCCNC1CCC(Nc2cc(-c3cnnc(NCC4(C)CCOCC4)c3)c(F)cn2)CC1. The largest absolute Gasteiger partial charge is 0.383 e. The molecule has 34 heavy (non-hydrogen) atoms. The van der Waals surface area contributed by atoms with Crippen molar-refractivity contribution in [2.24, 2.45) is 5.41 Å². The molecule has 1 aliphatic carbocycles. The van der Waals surface area contributed by atoms with E-state index >= 15 is 0 Å². The zero-order chi connectivity index (χ0) is 23.8. The van der Waals surface area contributed by atoms with Gasteiger partial charge in [-0.25, -0.2) is 9.37 Å². The summed E-state index contributed by atoms with van der Waals surface area (Å²) in [5.74, 6) is 0.968. The predicted octanol–water partition coefficient (Wildman–Crippen LogP) is 3.87. The van der Waals surface area contributed by atoms with E-state index in [1.807, 2.05) is 6.07 Å². The summed E-state index contributed by atoms with van der Waals surface area (Å²) in [7, 11) is 1.72. The van der Waals surface area contributed by atoms with Crippen LogP contribution in [0.2, 0.25) is 0 Å². The Labute approximate surface area is 201 Å². The first-order valence-electron chi connectivity index (χ1n) is 12.3. The highest BCUT2D eigenvalue weighted by Crippen LogP contribution is 2.31. The Hall–Kier alpha value is -2.36. The summed E-state index contributed by atoms with van der Waals surface area (Å²) in [6.45, 7) is 6.22. The van der Waals surface area contributed by atoms with Crippen LogP contribution in [0.5, 0.6) is 0 Å². The van der Waals surface area contributed by atoms with Gasteiger partial charge in [0.2, 0.25) is 0 Å². The molecule has 8 nitrogen and oxygen atoms in total. The Morgan fingerprint density at radius 3 is 2.62 bits per heavy atom. The number of hydrogen-bond acceptors (Lipinski definition) is 8. The molecule has 0 radical (unpaired) electrons. The van der Waals surface area contributed by atoms with Gasteiger partial charge in [-0.05, 0) is 56.1 Å². The molecule has 0 aromatic carbocycles. The molecule has 2 aromatic heterocycles. The molecule has 0 bridgehead atoms. The predicted molar refractivity (Wildman–Crippen MR) is 131 cm³/mol. The molecule has 1 aliphatic heterocycles. The summed E-state index contributed by atoms with van der Waals surface area (Å²) in [6, 6.07) is 4.49.